The fourth-order valence-electron chi connectivity index (χ4n) is 2.99. The van der Waals surface area contributed by atoms with Crippen LogP contribution < -0.4 is 10.6 Å². The zero-order chi connectivity index (χ0) is 25.4. The van der Waals surface area contributed by atoms with Gasteiger partial charge in [-0.1, -0.05) is 35.3 Å². The lowest BCUT2D eigenvalue weighted by molar-refractivity contribution is -0.117. The van der Waals surface area contributed by atoms with Crippen LogP contribution in [-0.2, 0) is 20.7 Å². The van der Waals surface area contributed by atoms with E-state index >= 15 is 0 Å². The number of thiazole rings is 1. The lowest BCUT2D eigenvalue weighted by atomic mass is 10.2. The second-order valence-corrected chi connectivity index (χ2v) is 8.94. The Morgan fingerprint density at radius 2 is 1.89 bits per heavy atom. The van der Waals surface area contributed by atoms with Gasteiger partial charge in [-0.05, 0) is 30.3 Å². The van der Waals surface area contributed by atoms with Crippen molar-refractivity contribution in [3.63, 3.8) is 0 Å². The molecule has 0 fully saturated rings. The summed E-state index contributed by atoms with van der Waals surface area (Å²) in [5, 5.41) is 7.52. The van der Waals surface area contributed by atoms with Crippen molar-refractivity contribution < 1.29 is 23.5 Å². The number of amides is 3. The van der Waals surface area contributed by atoms with Gasteiger partial charge in [0.25, 0.3) is 5.91 Å². The molecular weight excluding hydrogens is 518 g/mol. The highest BCUT2D eigenvalue weighted by atomic mass is 35.5. The van der Waals surface area contributed by atoms with Gasteiger partial charge < -0.3 is 20.3 Å². The van der Waals surface area contributed by atoms with E-state index in [0.29, 0.717) is 10.7 Å². The number of nitrogens with zero attached hydrogens (tertiary/aromatic N) is 2. The zero-order valence-corrected chi connectivity index (χ0v) is 20.8. The monoisotopic (exact) mass is 538 g/mol. The Labute approximate surface area is 215 Å². The second-order valence-electron chi connectivity index (χ2n) is 7.24. The van der Waals surface area contributed by atoms with Crippen LogP contribution in [0.15, 0.2) is 47.8 Å². The largest absolute Gasteiger partial charge is 0.383 e. The average molecular weight is 539 g/mol. The summed E-state index contributed by atoms with van der Waals surface area (Å²) in [4.78, 5) is 43.3. The molecule has 0 unspecified atom stereocenters. The predicted octanol–water partition coefficient (Wildman–Crippen LogP) is 4.50. The van der Waals surface area contributed by atoms with Crippen LogP contribution in [0.1, 0.15) is 16.1 Å². The molecule has 0 aliphatic rings. The standard InChI is InChI=1S/C23H21Cl2FN4O4S/c1-34-9-8-30(22(33)16-7-6-14(24)10-17(16)25)12-21(32)29-23-27-15(13-35-23)11-20(31)28-19-5-3-2-4-18(19)26/h2-7,10,13H,8-9,11-12H2,1H3,(H,28,31)(H,27,29,32). The molecule has 0 aliphatic carbocycles. The van der Waals surface area contributed by atoms with Crippen LogP contribution in [0.25, 0.3) is 0 Å². The summed E-state index contributed by atoms with van der Waals surface area (Å²) in [7, 11) is 1.48. The van der Waals surface area contributed by atoms with Crippen LogP contribution in [-0.4, -0.2) is 54.4 Å². The zero-order valence-electron chi connectivity index (χ0n) is 18.5. The van der Waals surface area contributed by atoms with Crippen LogP contribution in [0.2, 0.25) is 10.0 Å². The number of carbonyl (C=O) groups is 3. The maximum atomic E-state index is 13.7. The molecule has 0 bridgehead atoms. The minimum atomic E-state index is -0.542. The first-order valence-corrected chi connectivity index (χ1v) is 11.9. The van der Waals surface area contributed by atoms with Crippen molar-refractivity contribution >= 4 is 63.1 Å². The van der Waals surface area contributed by atoms with Crippen molar-refractivity contribution in [3.8, 4) is 0 Å². The van der Waals surface area contributed by atoms with Gasteiger partial charge in [0.2, 0.25) is 11.8 Å². The van der Waals surface area contributed by atoms with Crippen molar-refractivity contribution in [2.75, 3.05) is 37.4 Å². The first-order valence-electron chi connectivity index (χ1n) is 10.3. The van der Waals surface area contributed by atoms with E-state index in [4.69, 9.17) is 27.9 Å². The van der Waals surface area contributed by atoms with Crippen molar-refractivity contribution in [1.82, 2.24) is 9.88 Å². The molecule has 1 heterocycles. The number of aromatic nitrogens is 1. The van der Waals surface area contributed by atoms with Gasteiger partial charge in [0.1, 0.15) is 12.4 Å². The molecule has 8 nitrogen and oxygen atoms in total. The summed E-state index contributed by atoms with van der Waals surface area (Å²) < 4.78 is 18.7. The minimum absolute atomic E-state index is 0.0721. The Balaban J connectivity index is 1.60. The molecule has 0 aliphatic heterocycles. The van der Waals surface area contributed by atoms with Gasteiger partial charge in [-0.3, -0.25) is 14.4 Å². The van der Waals surface area contributed by atoms with Crippen molar-refractivity contribution in [2.45, 2.75) is 6.42 Å². The maximum Gasteiger partial charge on any atom is 0.255 e. The number of hydrogen-bond acceptors (Lipinski definition) is 6. The molecule has 3 amide bonds. The summed E-state index contributed by atoms with van der Waals surface area (Å²) in [5.74, 6) is -1.94. The number of benzene rings is 2. The fourth-order valence-corrected chi connectivity index (χ4v) is 4.20. The van der Waals surface area contributed by atoms with Crippen LogP contribution in [0.4, 0.5) is 15.2 Å². The maximum absolute atomic E-state index is 13.7. The quantitative estimate of drug-likeness (QED) is 0.395. The van der Waals surface area contributed by atoms with Crippen LogP contribution >= 0.6 is 34.5 Å². The molecule has 0 spiro atoms. The molecule has 184 valence electrons. The van der Waals surface area contributed by atoms with Gasteiger partial charge in [-0.25, -0.2) is 9.37 Å². The number of rotatable bonds is 10. The molecule has 0 saturated heterocycles. The van der Waals surface area contributed by atoms with E-state index in [1.807, 2.05) is 0 Å². The third kappa shape index (κ3) is 7.72. The summed E-state index contributed by atoms with van der Waals surface area (Å²) in [6.45, 7) is 0.0909. The van der Waals surface area contributed by atoms with Gasteiger partial charge in [0, 0.05) is 24.1 Å². The minimum Gasteiger partial charge on any atom is -0.383 e. The summed E-state index contributed by atoms with van der Waals surface area (Å²) in [6.07, 6.45) is -0.103. The fraction of sp³-hybridized carbons (Fsp3) is 0.217. The molecule has 3 aromatic rings. The number of carbonyl (C=O) groups excluding carboxylic acids is 3. The number of ether oxygens (including phenoxy) is 1. The summed E-state index contributed by atoms with van der Waals surface area (Å²) >= 11 is 13.2. The number of halogens is 3. The van der Waals surface area contributed by atoms with E-state index < -0.39 is 23.5 Å². The number of nitrogens with one attached hydrogen (secondary N) is 2. The normalized spacial score (nSPS) is 10.6. The second kappa shape index (κ2) is 12.6. The summed E-state index contributed by atoms with van der Waals surface area (Å²) in [6, 6.07) is 10.3. The Kier molecular flexibility index (Phi) is 9.55. The number of para-hydroxylation sites is 1. The number of hydrogen-bond donors (Lipinski definition) is 2. The Bertz CT molecular complexity index is 1220. The molecule has 0 radical (unpaired) electrons. The van der Waals surface area contributed by atoms with Crippen molar-refractivity contribution in [1.29, 1.82) is 0 Å². The van der Waals surface area contributed by atoms with E-state index in [2.05, 4.69) is 15.6 Å². The van der Waals surface area contributed by atoms with Crippen LogP contribution in [0.3, 0.4) is 0 Å². The van der Waals surface area contributed by atoms with E-state index in [-0.39, 0.29) is 47.5 Å². The molecule has 2 N–H and O–H groups in total. The highest BCUT2D eigenvalue weighted by molar-refractivity contribution is 7.13. The van der Waals surface area contributed by atoms with Gasteiger partial charge in [0.15, 0.2) is 5.13 Å². The van der Waals surface area contributed by atoms with Crippen LogP contribution in [0.5, 0.6) is 0 Å². The molecule has 1 aromatic heterocycles. The summed E-state index contributed by atoms with van der Waals surface area (Å²) in [5.41, 5.74) is 0.680. The van der Waals surface area contributed by atoms with E-state index in [9.17, 15) is 18.8 Å². The molecule has 2 aromatic carbocycles. The smallest absolute Gasteiger partial charge is 0.255 e. The first kappa shape index (κ1) is 26.6. The van der Waals surface area contributed by atoms with E-state index in [0.717, 1.165) is 11.3 Å². The third-order valence-corrected chi connectivity index (χ3v) is 5.99. The first-order chi connectivity index (χ1) is 16.8. The topological polar surface area (TPSA) is 101 Å². The molecule has 3 rings (SSSR count). The lowest BCUT2D eigenvalue weighted by Gasteiger charge is -2.22. The van der Waals surface area contributed by atoms with Gasteiger partial charge in [-0.2, -0.15) is 0 Å². The van der Waals surface area contributed by atoms with E-state index in [1.165, 1.54) is 48.4 Å². The predicted molar refractivity (Wildman–Crippen MR) is 134 cm³/mol. The highest BCUT2D eigenvalue weighted by Crippen LogP contribution is 2.23. The van der Waals surface area contributed by atoms with Gasteiger partial charge in [0.05, 0.1) is 35.0 Å². The molecule has 0 saturated carbocycles. The Morgan fingerprint density at radius 1 is 1.11 bits per heavy atom. The van der Waals surface area contributed by atoms with Gasteiger partial charge in [-0.15, -0.1) is 11.3 Å². The Morgan fingerprint density at radius 3 is 2.60 bits per heavy atom. The van der Waals surface area contributed by atoms with E-state index in [1.54, 1.807) is 11.4 Å². The van der Waals surface area contributed by atoms with Crippen molar-refractivity contribution in [3.05, 3.63) is 75.0 Å². The highest BCUT2D eigenvalue weighted by Gasteiger charge is 2.22. The SMILES string of the molecule is COCCN(CC(=O)Nc1nc(CC(=O)Nc2ccccc2F)cs1)C(=O)c1ccc(Cl)cc1Cl. The third-order valence-electron chi connectivity index (χ3n) is 4.64. The van der Waals surface area contributed by atoms with Gasteiger partial charge >= 0.3 is 0 Å². The number of anilines is 2. The molecular formula is C23H21Cl2FN4O4S. The molecule has 12 heteroatoms. The Hall–Kier alpha value is -3.05. The van der Waals surface area contributed by atoms with Crippen molar-refractivity contribution in [2.24, 2.45) is 0 Å². The van der Waals surface area contributed by atoms with Crippen LogP contribution in [0, 0.1) is 5.82 Å². The average Bonchev–Trinajstić information content (AvgIpc) is 3.24. The molecule has 35 heavy (non-hydrogen) atoms. The number of methoxy groups -OCH3 is 1. The lowest BCUT2D eigenvalue weighted by Crippen LogP contribution is -2.40. The molecule has 0 atom stereocenters.